The molecule has 0 bridgehead atoms. The van der Waals surface area contributed by atoms with Gasteiger partial charge in [-0.3, -0.25) is 4.81 Å². The predicted octanol–water partition coefficient (Wildman–Crippen LogP) is 3.77. The van der Waals surface area contributed by atoms with Crippen LogP contribution in [0.2, 0.25) is 0 Å². The highest BCUT2D eigenvalue weighted by Gasteiger charge is 2.55. The Labute approximate surface area is 138 Å². The first kappa shape index (κ1) is 18.6. The summed E-state index contributed by atoms with van der Waals surface area (Å²) in [5, 5.41) is 9.41. The fourth-order valence-electron chi connectivity index (χ4n) is 2.21. The zero-order valence-electron chi connectivity index (χ0n) is 13.8. The van der Waals surface area contributed by atoms with E-state index in [2.05, 4.69) is 0 Å². The zero-order chi connectivity index (χ0) is 18.3. The van der Waals surface area contributed by atoms with Gasteiger partial charge >= 0.3 is 19.5 Å². The van der Waals surface area contributed by atoms with Gasteiger partial charge in [-0.05, 0) is 45.4 Å². The van der Waals surface area contributed by atoms with Crippen LogP contribution in [-0.4, -0.2) is 34.5 Å². The molecule has 0 unspecified atom stereocenters. The maximum absolute atomic E-state index is 12.8. The SMILES string of the molecule is CC1(C)OB(N(Cc2cccc(C(F)(F)F)c2)C(=O)O)OC1(C)C. The van der Waals surface area contributed by atoms with E-state index in [1.807, 2.05) is 0 Å². The highest BCUT2D eigenvalue weighted by atomic mass is 19.4. The van der Waals surface area contributed by atoms with E-state index < -0.39 is 36.3 Å². The molecule has 24 heavy (non-hydrogen) atoms. The van der Waals surface area contributed by atoms with E-state index in [9.17, 15) is 23.1 Å². The van der Waals surface area contributed by atoms with Crippen LogP contribution in [0.1, 0.15) is 38.8 Å². The highest BCUT2D eigenvalue weighted by molar-refractivity contribution is 6.45. The largest absolute Gasteiger partial charge is 0.599 e. The molecule has 1 heterocycles. The highest BCUT2D eigenvalue weighted by Crippen LogP contribution is 2.38. The fraction of sp³-hybridized carbons (Fsp3) is 0.533. The first-order chi connectivity index (χ1) is 10.8. The Hall–Kier alpha value is -1.74. The number of carbonyl (C=O) groups is 1. The summed E-state index contributed by atoms with van der Waals surface area (Å²) in [7, 11) is -1.19. The van der Waals surface area contributed by atoms with Crippen LogP contribution in [0.25, 0.3) is 0 Å². The number of hydrogen-bond acceptors (Lipinski definition) is 3. The number of rotatable bonds is 3. The Morgan fingerprint density at radius 1 is 1.21 bits per heavy atom. The average molecular weight is 345 g/mol. The minimum Gasteiger partial charge on any atom is -0.466 e. The van der Waals surface area contributed by atoms with Gasteiger partial charge in [0.2, 0.25) is 0 Å². The summed E-state index contributed by atoms with van der Waals surface area (Å²) in [4.78, 5) is 12.4. The van der Waals surface area contributed by atoms with Crippen LogP contribution >= 0.6 is 0 Å². The van der Waals surface area contributed by atoms with E-state index in [0.29, 0.717) is 0 Å². The van der Waals surface area contributed by atoms with Crippen molar-refractivity contribution in [2.24, 2.45) is 0 Å². The molecular weight excluding hydrogens is 326 g/mol. The number of hydrogen-bond donors (Lipinski definition) is 1. The Morgan fingerprint density at radius 3 is 2.21 bits per heavy atom. The quantitative estimate of drug-likeness (QED) is 0.848. The second kappa shape index (κ2) is 5.96. The van der Waals surface area contributed by atoms with Gasteiger partial charge in [-0.2, -0.15) is 13.2 Å². The Morgan fingerprint density at radius 2 is 1.75 bits per heavy atom. The molecule has 1 N–H and O–H groups in total. The van der Waals surface area contributed by atoms with Gasteiger partial charge in [0.15, 0.2) is 0 Å². The number of benzene rings is 1. The maximum Gasteiger partial charge on any atom is 0.599 e. The van der Waals surface area contributed by atoms with Crippen molar-refractivity contribution in [3.8, 4) is 0 Å². The third kappa shape index (κ3) is 3.67. The first-order valence-electron chi connectivity index (χ1n) is 7.35. The lowest BCUT2D eigenvalue weighted by atomic mass is 9.90. The van der Waals surface area contributed by atoms with E-state index in [-0.39, 0.29) is 12.1 Å². The van der Waals surface area contributed by atoms with Gasteiger partial charge in [0.05, 0.1) is 16.8 Å². The number of alkyl halides is 3. The summed E-state index contributed by atoms with van der Waals surface area (Å²) in [5.74, 6) is 0. The summed E-state index contributed by atoms with van der Waals surface area (Å²) in [6, 6.07) is 4.52. The fourth-order valence-corrected chi connectivity index (χ4v) is 2.21. The van der Waals surface area contributed by atoms with Gasteiger partial charge in [0.1, 0.15) is 0 Å². The van der Waals surface area contributed by atoms with Crippen molar-refractivity contribution in [1.82, 2.24) is 4.81 Å². The summed E-state index contributed by atoms with van der Waals surface area (Å²) in [6.45, 7) is 6.76. The summed E-state index contributed by atoms with van der Waals surface area (Å²) < 4.78 is 49.7. The number of halogens is 3. The maximum atomic E-state index is 12.8. The molecular formula is C15H19BF3NO4. The number of amides is 1. The summed E-state index contributed by atoms with van der Waals surface area (Å²) in [6.07, 6.45) is -5.83. The molecule has 1 aromatic rings. The Balaban J connectivity index is 2.24. The molecule has 132 valence electrons. The van der Waals surface area contributed by atoms with Crippen LogP contribution in [0, 0.1) is 0 Å². The van der Waals surface area contributed by atoms with Crippen LogP contribution in [-0.2, 0) is 22.0 Å². The van der Waals surface area contributed by atoms with Crippen molar-refractivity contribution in [1.29, 1.82) is 0 Å². The predicted molar refractivity (Wildman–Crippen MR) is 81.1 cm³/mol. The topological polar surface area (TPSA) is 59.0 Å². The van der Waals surface area contributed by atoms with Crippen LogP contribution in [0.4, 0.5) is 18.0 Å². The minimum atomic E-state index is -4.49. The summed E-state index contributed by atoms with van der Waals surface area (Å²) in [5.41, 5.74) is -2.14. The molecule has 1 aromatic carbocycles. The lowest BCUT2D eigenvalue weighted by molar-refractivity contribution is -0.137. The third-order valence-electron chi connectivity index (χ3n) is 4.35. The third-order valence-corrected chi connectivity index (χ3v) is 4.35. The van der Waals surface area contributed by atoms with Crippen molar-refractivity contribution in [3.05, 3.63) is 35.4 Å². The smallest absolute Gasteiger partial charge is 0.466 e. The van der Waals surface area contributed by atoms with Gasteiger partial charge in [0, 0.05) is 6.54 Å². The molecule has 1 amide bonds. The molecule has 0 atom stereocenters. The lowest BCUT2D eigenvalue weighted by Crippen LogP contribution is -2.45. The van der Waals surface area contributed by atoms with Gasteiger partial charge < -0.3 is 14.4 Å². The van der Waals surface area contributed by atoms with Crippen LogP contribution in [0.15, 0.2) is 24.3 Å². The number of carboxylic acid groups (broad SMARTS) is 1. The Kier molecular flexibility index (Phi) is 4.62. The first-order valence-corrected chi connectivity index (χ1v) is 7.35. The van der Waals surface area contributed by atoms with Crippen molar-refractivity contribution in [3.63, 3.8) is 0 Å². The molecule has 5 nitrogen and oxygen atoms in total. The van der Waals surface area contributed by atoms with Gasteiger partial charge in [-0.25, -0.2) is 4.79 Å². The lowest BCUT2D eigenvalue weighted by Gasteiger charge is -2.32. The molecule has 0 spiro atoms. The van der Waals surface area contributed by atoms with Crippen molar-refractivity contribution < 1.29 is 32.4 Å². The second-order valence-corrected chi connectivity index (χ2v) is 6.67. The standard InChI is InChI=1S/C15H19BF3NO4/c1-13(2)14(3,4)24-16(23-13)20(12(21)22)9-10-6-5-7-11(8-10)15(17,18)19/h5-8H,9H2,1-4H3,(H,21,22). The molecule has 1 saturated heterocycles. The van der Waals surface area contributed by atoms with E-state index in [4.69, 9.17) is 9.31 Å². The normalized spacial score (nSPS) is 19.4. The molecule has 1 fully saturated rings. The monoisotopic (exact) mass is 345 g/mol. The van der Waals surface area contributed by atoms with Crippen LogP contribution < -0.4 is 0 Å². The second-order valence-electron chi connectivity index (χ2n) is 6.67. The van der Waals surface area contributed by atoms with Crippen molar-refractivity contribution in [2.45, 2.75) is 51.6 Å². The molecule has 0 radical (unpaired) electrons. The molecule has 0 aromatic heterocycles. The van der Waals surface area contributed by atoms with Gasteiger partial charge in [-0.1, -0.05) is 12.1 Å². The Bertz CT molecular complexity index is 617. The van der Waals surface area contributed by atoms with Crippen molar-refractivity contribution in [2.75, 3.05) is 0 Å². The molecule has 2 rings (SSSR count). The molecule has 0 aliphatic carbocycles. The average Bonchev–Trinajstić information content (AvgIpc) is 2.63. The molecule has 0 saturated carbocycles. The van der Waals surface area contributed by atoms with Crippen LogP contribution in [0.3, 0.4) is 0 Å². The number of nitrogens with zero attached hydrogens (tertiary/aromatic N) is 1. The molecule has 1 aliphatic rings. The van der Waals surface area contributed by atoms with E-state index >= 15 is 0 Å². The molecule has 1 aliphatic heterocycles. The van der Waals surface area contributed by atoms with Gasteiger partial charge in [-0.15, -0.1) is 0 Å². The molecule has 9 heteroatoms. The van der Waals surface area contributed by atoms with Crippen molar-refractivity contribution >= 4 is 13.3 Å². The van der Waals surface area contributed by atoms with E-state index in [1.165, 1.54) is 12.1 Å². The summed E-state index contributed by atoms with van der Waals surface area (Å²) >= 11 is 0. The zero-order valence-corrected chi connectivity index (χ0v) is 13.8. The van der Waals surface area contributed by atoms with E-state index in [1.54, 1.807) is 27.7 Å². The van der Waals surface area contributed by atoms with E-state index in [0.717, 1.165) is 16.9 Å². The van der Waals surface area contributed by atoms with Crippen LogP contribution in [0.5, 0.6) is 0 Å². The minimum absolute atomic E-state index is 0.196. The van der Waals surface area contributed by atoms with Gasteiger partial charge in [0.25, 0.3) is 0 Å².